The van der Waals surface area contributed by atoms with Gasteiger partial charge in [-0.2, -0.15) is 35.3 Å². The van der Waals surface area contributed by atoms with Gasteiger partial charge in [0.25, 0.3) is 0 Å². The summed E-state index contributed by atoms with van der Waals surface area (Å²) in [5.41, 5.74) is 16.1. The summed E-state index contributed by atoms with van der Waals surface area (Å²) in [4.78, 5) is 97.6. The number of aliphatic carboxylic acids is 1. The van der Waals surface area contributed by atoms with Crippen molar-refractivity contribution in [2.45, 2.75) is 160 Å². The topological polar surface area (TPSA) is 420 Å². The number of thioether (sulfide) groups is 3. The quantitative estimate of drug-likeness (QED) is 0.0140. The number of nitrogens with two attached hydrogens (primary N) is 2. The van der Waals surface area contributed by atoms with E-state index in [9.17, 15) is 38.7 Å². The number of hydrogen-bond acceptors (Lipinski definition) is 35. The molecule has 9 N–H and O–H groups in total. The van der Waals surface area contributed by atoms with Crippen LogP contribution in [-0.2, 0) is 84.9 Å². The highest BCUT2D eigenvalue weighted by Crippen LogP contribution is 2.34. The number of ether oxygens (including phenoxy) is 1. The summed E-state index contributed by atoms with van der Waals surface area (Å²) < 4.78 is 5.55. The number of aromatic nitrogens is 12. The third-order valence-corrected chi connectivity index (χ3v) is 30.3. The molecule has 32 nitrogen and oxygen atoms in total. The van der Waals surface area contributed by atoms with Crippen molar-refractivity contribution in [2.75, 3.05) is 133 Å². The molecular formula is C96H118ClN23O9S9. The maximum Gasteiger partial charge on any atom is 0.410 e. The van der Waals surface area contributed by atoms with Crippen LogP contribution < -0.4 is 32.7 Å². The normalized spacial score (nSPS) is 15.1. The third-order valence-electron chi connectivity index (χ3n) is 22.0. The average molecular weight is 2060 g/mol. The molecule has 12 aromatic rings. The molecule has 0 bridgehead atoms. The maximum absolute atomic E-state index is 13.7. The van der Waals surface area contributed by atoms with Gasteiger partial charge in [-0.3, -0.25) is 64.3 Å². The van der Waals surface area contributed by atoms with Crippen LogP contribution in [0.25, 0.3) is 0 Å². The van der Waals surface area contributed by atoms with Gasteiger partial charge in [-0.1, -0.05) is 269 Å². The van der Waals surface area contributed by atoms with Crippen molar-refractivity contribution in [1.29, 1.82) is 0 Å². The molecule has 6 aromatic carbocycles. The summed E-state index contributed by atoms with van der Waals surface area (Å²) >= 11 is 19.2. The van der Waals surface area contributed by atoms with E-state index >= 15 is 0 Å². The lowest BCUT2D eigenvalue weighted by Crippen LogP contribution is -2.52. The molecule has 0 aliphatic carbocycles. The minimum atomic E-state index is -0.742. The van der Waals surface area contributed by atoms with Crippen molar-refractivity contribution >= 4 is 187 Å². The number of nitrogens with one attached hydrogen (secondary N) is 4. The van der Waals surface area contributed by atoms with Crippen molar-refractivity contribution in [3.63, 3.8) is 0 Å². The van der Waals surface area contributed by atoms with Crippen LogP contribution in [0.4, 0.5) is 35.6 Å². The van der Waals surface area contributed by atoms with Gasteiger partial charge in [0.05, 0.1) is 6.42 Å². The number of carbonyl (C=O) groups is 7. The molecular weight excluding hydrogens is 1940 g/mol. The van der Waals surface area contributed by atoms with Gasteiger partial charge >= 0.3 is 12.1 Å². The van der Waals surface area contributed by atoms with E-state index in [2.05, 4.69) is 102 Å². The predicted octanol–water partition coefficient (Wildman–Crippen LogP) is 16.9. The smallest absolute Gasteiger partial charge is 0.410 e. The number of nitrogen functional groups attached to an aromatic ring is 2. The van der Waals surface area contributed by atoms with Gasteiger partial charge in [-0.05, 0) is 178 Å². The first-order valence-electron chi connectivity index (χ1n) is 46.1. The van der Waals surface area contributed by atoms with Crippen LogP contribution in [0.1, 0.15) is 166 Å². The molecule has 16 rings (SSSR count). The van der Waals surface area contributed by atoms with Crippen molar-refractivity contribution in [3.05, 3.63) is 245 Å². The molecule has 4 unspecified atom stereocenters. The predicted molar refractivity (Wildman–Crippen MR) is 558 cm³/mol. The highest BCUT2D eigenvalue weighted by atomic mass is 35.5. The van der Waals surface area contributed by atoms with E-state index in [0.29, 0.717) is 69.8 Å². The van der Waals surface area contributed by atoms with Gasteiger partial charge in [0, 0.05) is 71.1 Å². The zero-order valence-electron chi connectivity index (χ0n) is 77.5. The van der Waals surface area contributed by atoms with Gasteiger partial charge in [0.15, 0.2) is 0 Å². The average Bonchev–Trinajstić information content (AvgIpc) is 1.01. The van der Waals surface area contributed by atoms with E-state index in [1.165, 1.54) is 87.3 Å². The molecule has 4 saturated heterocycles. The van der Waals surface area contributed by atoms with Crippen molar-refractivity contribution in [3.8, 4) is 0 Å². The van der Waals surface area contributed by atoms with Crippen LogP contribution >= 0.6 is 115 Å². The molecule has 732 valence electrons. The number of rotatable bonds is 38. The molecule has 4 atom stereocenters. The molecule has 0 spiro atoms. The second kappa shape index (κ2) is 57.5. The number of hydrogen-bond donors (Lipinski definition) is 7. The Morgan fingerprint density at radius 1 is 0.355 bits per heavy atom. The van der Waals surface area contributed by atoms with E-state index in [0.717, 1.165) is 214 Å². The fourth-order valence-electron chi connectivity index (χ4n) is 15.5. The van der Waals surface area contributed by atoms with Gasteiger partial charge in [-0.15, -0.1) is 61.2 Å². The van der Waals surface area contributed by atoms with E-state index in [1.54, 1.807) is 16.7 Å². The van der Waals surface area contributed by atoms with Crippen molar-refractivity contribution < 1.29 is 43.4 Å². The first kappa shape index (κ1) is 107. The number of carbonyl (C=O) groups excluding carboxylic acids is 6. The third kappa shape index (κ3) is 36.8. The highest BCUT2D eigenvalue weighted by molar-refractivity contribution is 7.99. The molecule has 4 fully saturated rings. The SMILES string of the molecule is CC(C)(C)OC(=O)N1CCN(C(C(=O)Nc2nnc(CCSCCc3nnc(NC(=O)C(c4ccccc4)N4CCCCC4)s3)s2)c2ccccc2)CC1.Nc1nnc(CCSCCc2nnc(N)s2)s1.O=C(Cc1ccccc1)Nc1nnc(CCSCCc2nnc(NC(=O)C(c3ccccc3)N3CCCCC3)s2)s1.O=C(Cl)Cc1ccccc1.O=C(O)C(c1ccccc1)N1CCCCC1. The summed E-state index contributed by atoms with van der Waals surface area (Å²) in [5, 5.41) is 79.1. The summed E-state index contributed by atoms with van der Waals surface area (Å²) in [5.74, 6) is 4.37. The molecule has 4 aliphatic heterocycles. The van der Waals surface area contributed by atoms with E-state index in [-0.39, 0.29) is 47.0 Å². The molecule has 42 heteroatoms. The number of nitrogens with zero attached hydrogens (tertiary/aromatic N) is 17. The Morgan fingerprint density at radius 2 is 0.623 bits per heavy atom. The number of amides is 5. The minimum absolute atomic E-state index is 0.0529. The van der Waals surface area contributed by atoms with E-state index < -0.39 is 23.7 Å². The van der Waals surface area contributed by atoms with Crippen LogP contribution in [0.15, 0.2) is 182 Å². The summed E-state index contributed by atoms with van der Waals surface area (Å²) in [6.45, 7) is 13.0. The Balaban J connectivity index is 0.000000176. The monoisotopic (exact) mass is 2060 g/mol. The number of likely N-dealkylation sites (tertiary alicyclic amines) is 3. The van der Waals surface area contributed by atoms with Gasteiger partial charge in [-0.25, -0.2) is 4.79 Å². The van der Waals surface area contributed by atoms with Crippen LogP contribution in [0, 0.1) is 0 Å². The molecule has 10 heterocycles. The first-order chi connectivity index (χ1) is 67.1. The fourth-order valence-corrected chi connectivity index (χ4v) is 23.3. The minimum Gasteiger partial charge on any atom is -0.480 e. The zero-order chi connectivity index (χ0) is 97.1. The Hall–Kier alpha value is -10.3. The van der Waals surface area contributed by atoms with Gasteiger partial charge in [0.1, 0.15) is 59.8 Å². The largest absolute Gasteiger partial charge is 0.480 e. The van der Waals surface area contributed by atoms with E-state index in [4.69, 9.17) is 27.8 Å². The fraction of sp³-hybridized carbons (Fsp3) is 0.427. The van der Waals surface area contributed by atoms with Gasteiger partial charge in [0.2, 0.25) is 59.7 Å². The van der Waals surface area contributed by atoms with Crippen LogP contribution in [-0.4, -0.2) is 237 Å². The molecule has 6 aromatic heterocycles. The standard InChI is InChI=1S/C38H49N9O4S3.C29H33N7O2S3.C13H17NO2.C8H7ClO.C8H12N6S3/c1-38(2,3)51-37(50)47-23-21-46(22-24-47)32(28-15-9-5-10-16-28)34(49)40-36-44-42-30(54-36)18-26-52-25-17-29-41-43-35(53-29)39-33(48)31(27-13-7-4-8-14-27)45-19-11-6-12-20-45;37-23(20-21-10-4-1-5-11-21)30-28-34-32-24(40-28)14-18-39-19-15-25-33-35-29(41-25)31-27(38)26(22-12-6-2-7-13-22)36-16-8-3-9-17-36;15-13(16)12(11-7-3-1-4-8-11)14-9-5-2-6-10-14;9-8(10)6-7-4-2-1-3-5-7;9-7-13-11-5(16-7)1-3-15-4-2-6-12-14-8(10)17-6/h4-5,7-10,13-16,31-32H,6,11-12,17-26H2,1-3H3,(H,39,43,48)(H,40,44,49);1-2,4-7,10-13,26H,3,8-9,14-20H2,(H,30,34,37)(H,31,35,38);1,3-4,7-8,12H,2,5-6,9-10H2,(H,15,16);1-5H,6H2;1-4H2,(H2,9,13)(H2,10,14). The lowest BCUT2D eigenvalue weighted by Gasteiger charge is -2.39. The number of anilines is 6. The lowest BCUT2D eigenvalue weighted by molar-refractivity contribution is -0.144. The van der Waals surface area contributed by atoms with Crippen LogP contribution in [0.2, 0.25) is 0 Å². The molecule has 0 radical (unpaired) electrons. The Labute approximate surface area is 846 Å². The van der Waals surface area contributed by atoms with Gasteiger partial charge < -0.3 is 31.5 Å². The number of carboxylic acid groups (broad SMARTS) is 1. The number of benzene rings is 6. The number of carboxylic acids is 1. The summed E-state index contributed by atoms with van der Waals surface area (Å²) in [6, 6.07) is 56.5. The second-order valence-corrected chi connectivity index (χ2v) is 44.0. The molecule has 4 aliphatic rings. The highest BCUT2D eigenvalue weighted by Gasteiger charge is 2.36. The van der Waals surface area contributed by atoms with Crippen molar-refractivity contribution in [2.24, 2.45) is 0 Å². The number of piperidine rings is 3. The first-order valence-corrected chi connectivity index (χ1v) is 54.9. The Kier molecular flexibility index (Phi) is 44.4. The van der Waals surface area contributed by atoms with E-state index in [1.807, 2.05) is 226 Å². The zero-order valence-corrected chi connectivity index (χ0v) is 85.6. The lowest BCUT2D eigenvalue weighted by atomic mass is 10.0. The number of halogens is 1. The Morgan fingerprint density at radius 3 is 0.913 bits per heavy atom. The maximum atomic E-state index is 13.7. The Bertz CT molecular complexity index is 5610. The number of piperazine rings is 1. The van der Waals surface area contributed by atoms with Crippen LogP contribution in [0.3, 0.4) is 0 Å². The van der Waals surface area contributed by atoms with Crippen LogP contribution in [0.5, 0.6) is 0 Å². The number of aryl methyl sites for hydroxylation is 6. The second-order valence-electron chi connectivity index (χ2n) is 33.5. The summed E-state index contributed by atoms with van der Waals surface area (Å²) in [6.07, 6.45) is 15.4. The molecule has 138 heavy (non-hydrogen) atoms. The summed E-state index contributed by atoms with van der Waals surface area (Å²) in [7, 11) is 0. The molecule has 0 saturated carbocycles. The molecule has 5 amide bonds. The van der Waals surface area contributed by atoms with Crippen molar-refractivity contribution in [1.82, 2.24) is 85.7 Å².